The third kappa shape index (κ3) is 6.25. The standard InChI is InChI=1S/C25H24F3NO5S/c26-25(27,28)20-7-3-9-23(15-20)35(31,32)34-21-12-10-18(11-13-21)16-29(17-22-8-4-14-33-22)24(30)19-5-1-2-6-19/h3-4,7-15,19H,1-2,5-6,16-17H2. The van der Waals surface area contributed by atoms with Crippen LogP contribution in [0.25, 0.3) is 0 Å². The molecule has 0 radical (unpaired) electrons. The van der Waals surface area contributed by atoms with Crippen molar-refractivity contribution < 1.29 is 35.0 Å². The predicted molar refractivity (Wildman–Crippen MR) is 121 cm³/mol. The van der Waals surface area contributed by atoms with Crippen LogP contribution in [0.15, 0.2) is 76.2 Å². The monoisotopic (exact) mass is 507 g/mol. The highest BCUT2D eigenvalue weighted by molar-refractivity contribution is 7.87. The van der Waals surface area contributed by atoms with E-state index in [1.807, 2.05) is 0 Å². The lowest BCUT2D eigenvalue weighted by molar-refractivity contribution is -0.138. The Bertz CT molecular complexity index is 1250. The van der Waals surface area contributed by atoms with Crippen LogP contribution in [0.2, 0.25) is 0 Å². The Morgan fingerprint density at radius 1 is 1.00 bits per heavy atom. The van der Waals surface area contributed by atoms with E-state index < -0.39 is 26.8 Å². The zero-order chi connectivity index (χ0) is 25.1. The summed E-state index contributed by atoms with van der Waals surface area (Å²) in [5.41, 5.74) is -0.340. The molecule has 35 heavy (non-hydrogen) atoms. The number of nitrogens with zero attached hydrogens (tertiary/aromatic N) is 1. The van der Waals surface area contributed by atoms with Gasteiger partial charge >= 0.3 is 16.3 Å². The summed E-state index contributed by atoms with van der Waals surface area (Å²) in [6.45, 7) is 0.598. The van der Waals surface area contributed by atoms with Gasteiger partial charge in [-0.2, -0.15) is 21.6 Å². The fraction of sp³-hybridized carbons (Fsp3) is 0.320. The third-order valence-corrected chi connectivity index (χ3v) is 7.14. The second-order valence-corrected chi connectivity index (χ2v) is 10.0. The molecular formula is C25H24F3NO5S. The predicted octanol–water partition coefficient (Wildman–Crippen LogP) is 5.79. The van der Waals surface area contributed by atoms with Crippen LogP contribution in [-0.2, 0) is 34.2 Å². The Kier molecular flexibility index (Phi) is 7.20. The second kappa shape index (κ2) is 10.2. The summed E-state index contributed by atoms with van der Waals surface area (Å²) in [7, 11) is -4.47. The average molecular weight is 508 g/mol. The first kappa shape index (κ1) is 24.8. The van der Waals surface area contributed by atoms with E-state index in [0.717, 1.165) is 49.4 Å². The number of alkyl halides is 3. The number of hydrogen-bond acceptors (Lipinski definition) is 5. The van der Waals surface area contributed by atoms with Gasteiger partial charge in [0.2, 0.25) is 5.91 Å². The van der Waals surface area contributed by atoms with E-state index in [2.05, 4.69) is 0 Å². The summed E-state index contributed by atoms with van der Waals surface area (Å²) in [6, 6.07) is 13.0. The topological polar surface area (TPSA) is 76.8 Å². The van der Waals surface area contributed by atoms with Crippen molar-refractivity contribution in [3.8, 4) is 5.75 Å². The van der Waals surface area contributed by atoms with Crippen molar-refractivity contribution in [2.24, 2.45) is 5.92 Å². The smallest absolute Gasteiger partial charge is 0.416 e. The number of halogens is 3. The SMILES string of the molecule is O=C(C1CCCC1)N(Cc1ccc(OS(=O)(=O)c2cccc(C(F)(F)F)c2)cc1)Cc1ccco1. The van der Waals surface area contributed by atoms with Crippen molar-refractivity contribution >= 4 is 16.0 Å². The first-order valence-electron chi connectivity index (χ1n) is 11.1. The van der Waals surface area contributed by atoms with Gasteiger partial charge in [0.25, 0.3) is 0 Å². The number of carbonyl (C=O) groups excluding carboxylic acids is 1. The molecule has 2 aromatic carbocycles. The molecule has 0 spiro atoms. The number of hydrogen-bond donors (Lipinski definition) is 0. The van der Waals surface area contributed by atoms with E-state index in [1.54, 1.807) is 35.4 Å². The van der Waals surface area contributed by atoms with E-state index in [-0.39, 0.29) is 24.1 Å². The van der Waals surface area contributed by atoms with Gasteiger partial charge in [0, 0.05) is 12.5 Å². The summed E-state index contributed by atoms with van der Waals surface area (Å²) in [6.07, 6.45) is 0.630. The van der Waals surface area contributed by atoms with Crippen molar-refractivity contribution in [2.75, 3.05) is 0 Å². The van der Waals surface area contributed by atoms with Crippen LogP contribution in [0.5, 0.6) is 5.75 Å². The van der Waals surface area contributed by atoms with Gasteiger partial charge in [-0.3, -0.25) is 4.79 Å². The average Bonchev–Trinajstić information content (AvgIpc) is 3.53. The zero-order valence-electron chi connectivity index (χ0n) is 18.7. The lowest BCUT2D eigenvalue weighted by Crippen LogP contribution is -2.34. The minimum atomic E-state index is -4.68. The number of rotatable bonds is 8. The first-order valence-corrected chi connectivity index (χ1v) is 12.5. The Labute approximate surface area is 201 Å². The lowest BCUT2D eigenvalue weighted by Gasteiger charge is -2.25. The van der Waals surface area contributed by atoms with Gasteiger partial charge in [-0.25, -0.2) is 0 Å². The highest BCUT2D eigenvalue weighted by atomic mass is 32.2. The molecule has 1 aromatic heterocycles. The summed E-state index contributed by atoms with van der Waals surface area (Å²) >= 11 is 0. The van der Waals surface area contributed by atoms with E-state index >= 15 is 0 Å². The summed E-state index contributed by atoms with van der Waals surface area (Å²) < 4.78 is 74.3. The maximum atomic E-state index is 13.1. The van der Waals surface area contributed by atoms with Gasteiger partial charge < -0.3 is 13.5 Å². The normalized spacial score (nSPS) is 14.7. The van der Waals surface area contributed by atoms with Gasteiger partial charge in [-0.1, -0.05) is 31.0 Å². The van der Waals surface area contributed by atoms with Crippen molar-refractivity contribution in [1.29, 1.82) is 0 Å². The molecule has 6 nitrogen and oxygen atoms in total. The number of amides is 1. The Morgan fingerprint density at radius 3 is 2.34 bits per heavy atom. The minimum absolute atomic E-state index is 0.0230. The Morgan fingerprint density at radius 2 is 1.71 bits per heavy atom. The molecule has 1 heterocycles. The van der Waals surface area contributed by atoms with Crippen LogP contribution in [0, 0.1) is 5.92 Å². The highest BCUT2D eigenvalue weighted by Gasteiger charge is 2.32. The molecule has 4 rings (SSSR count). The molecule has 0 saturated heterocycles. The number of carbonyl (C=O) groups is 1. The summed E-state index contributed by atoms with van der Waals surface area (Å²) in [5.74, 6) is 0.630. The van der Waals surface area contributed by atoms with Gasteiger partial charge in [0.05, 0.1) is 18.4 Å². The molecule has 0 atom stereocenters. The lowest BCUT2D eigenvalue weighted by atomic mass is 10.1. The molecular weight excluding hydrogens is 483 g/mol. The van der Waals surface area contributed by atoms with Crippen LogP contribution < -0.4 is 4.18 Å². The largest absolute Gasteiger partial charge is 0.467 e. The van der Waals surface area contributed by atoms with Gasteiger partial charge in [-0.05, 0) is 60.9 Å². The molecule has 1 fully saturated rings. The van der Waals surface area contributed by atoms with Crippen LogP contribution in [-0.4, -0.2) is 19.2 Å². The molecule has 186 valence electrons. The summed E-state index contributed by atoms with van der Waals surface area (Å²) in [4.78, 5) is 14.2. The Balaban J connectivity index is 1.47. The minimum Gasteiger partial charge on any atom is -0.467 e. The molecule has 1 saturated carbocycles. The van der Waals surface area contributed by atoms with Crippen LogP contribution in [0.1, 0.15) is 42.6 Å². The maximum Gasteiger partial charge on any atom is 0.416 e. The molecule has 0 bridgehead atoms. The van der Waals surface area contributed by atoms with Gasteiger partial charge in [-0.15, -0.1) is 0 Å². The second-order valence-electron chi connectivity index (χ2n) is 8.46. The third-order valence-electron chi connectivity index (χ3n) is 5.90. The van der Waals surface area contributed by atoms with E-state index in [0.29, 0.717) is 18.4 Å². The fourth-order valence-electron chi connectivity index (χ4n) is 4.11. The van der Waals surface area contributed by atoms with Crippen molar-refractivity contribution in [1.82, 2.24) is 4.90 Å². The maximum absolute atomic E-state index is 13.1. The number of furan rings is 1. The zero-order valence-corrected chi connectivity index (χ0v) is 19.5. The van der Waals surface area contributed by atoms with Crippen LogP contribution in [0.3, 0.4) is 0 Å². The molecule has 0 unspecified atom stereocenters. The highest BCUT2D eigenvalue weighted by Crippen LogP contribution is 2.31. The molecule has 1 aliphatic carbocycles. The van der Waals surface area contributed by atoms with Crippen molar-refractivity contribution in [3.05, 3.63) is 83.8 Å². The Hall–Kier alpha value is -3.27. The van der Waals surface area contributed by atoms with Crippen LogP contribution >= 0.6 is 0 Å². The molecule has 0 N–H and O–H groups in total. The quantitative estimate of drug-likeness (QED) is 0.361. The van der Waals surface area contributed by atoms with Crippen LogP contribution in [0.4, 0.5) is 13.2 Å². The van der Waals surface area contributed by atoms with Crippen molar-refractivity contribution in [3.63, 3.8) is 0 Å². The van der Waals surface area contributed by atoms with Crippen molar-refractivity contribution in [2.45, 2.75) is 49.8 Å². The van der Waals surface area contributed by atoms with E-state index in [4.69, 9.17) is 8.60 Å². The molecule has 1 aliphatic rings. The molecule has 3 aromatic rings. The molecule has 10 heteroatoms. The molecule has 1 amide bonds. The first-order chi connectivity index (χ1) is 16.6. The van der Waals surface area contributed by atoms with Gasteiger partial charge in [0.15, 0.2) is 0 Å². The van der Waals surface area contributed by atoms with E-state index in [1.165, 1.54) is 12.1 Å². The van der Waals surface area contributed by atoms with Gasteiger partial charge in [0.1, 0.15) is 16.4 Å². The fourth-order valence-corrected chi connectivity index (χ4v) is 5.08. The number of benzene rings is 2. The molecule has 0 aliphatic heterocycles. The summed E-state index contributed by atoms with van der Waals surface area (Å²) in [5, 5.41) is 0. The van der Waals surface area contributed by atoms with E-state index in [9.17, 15) is 26.4 Å².